The number of aliphatic hydroxyl groups excluding tert-OH is 3. The molecule has 0 rings (SSSR count). The fourth-order valence-corrected chi connectivity index (χ4v) is 0.290. The molecule has 0 aromatic heterocycles. The molecule has 0 bridgehead atoms. The predicted molar refractivity (Wildman–Crippen MR) is 87.3 cm³/mol. The van der Waals surface area contributed by atoms with Crippen LogP contribution in [-0.4, -0.2) is 69.4 Å². The monoisotopic (exact) mass is 350 g/mol. The fourth-order valence-electron chi connectivity index (χ4n) is 0.290. The van der Waals surface area contributed by atoms with Crippen LogP contribution >= 0.6 is 0 Å². The number of hydrogen-bond acceptors (Lipinski definition) is 7. The van der Waals surface area contributed by atoms with E-state index in [2.05, 4.69) is 24.5 Å². The Bertz CT molecular complexity index is 344. The van der Waals surface area contributed by atoms with Crippen LogP contribution in [0.25, 0.3) is 0 Å². The van der Waals surface area contributed by atoms with Crippen LogP contribution in [0, 0.1) is 0 Å². The first kappa shape index (κ1) is 29.5. The zero-order valence-electron chi connectivity index (χ0n) is 13.6. The van der Waals surface area contributed by atoms with Crippen LogP contribution in [0.1, 0.15) is 13.3 Å². The van der Waals surface area contributed by atoms with Crippen molar-refractivity contribution in [2.75, 3.05) is 19.8 Å². The first-order valence-corrected chi connectivity index (χ1v) is 6.56. The fraction of sp³-hybridized carbons (Fsp3) is 0.400. The average Bonchev–Trinajstić information content (AvgIpc) is 2.60. The van der Waals surface area contributed by atoms with Crippen molar-refractivity contribution in [3.8, 4) is 0 Å². The number of rotatable bonds is 7. The lowest BCUT2D eigenvalue weighted by Crippen LogP contribution is -2.21. The van der Waals surface area contributed by atoms with E-state index in [1.807, 2.05) is 6.92 Å². The number of aliphatic carboxylic acids is 2. The molecule has 0 saturated heterocycles. The van der Waals surface area contributed by atoms with Gasteiger partial charge in [0.1, 0.15) is 12.7 Å². The molecule has 9 nitrogen and oxygen atoms in total. The van der Waals surface area contributed by atoms with E-state index >= 15 is 0 Å². The Hall–Kier alpha value is -2.49. The number of aliphatic hydroxyl groups is 3. The molecule has 24 heavy (non-hydrogen) atoms. The topological polar surface area (TPSA) is 162 Å². The number of carbonyl (C=O) groups excluding carboxylic acids is 1. The van der Waals surface area contributed by atoms with Gasteiger partial charge >= 0.3 is 17.9 Å². The minimum absolute atomic E-state index is 0.193. The second-order valence-electron chi connectivity index (χ2n) is 3.48. The van der Waals surface area contributed by atoms with Crippen molar-refractivity contribution in [3.05, 3.63) is 38.0 Å². The number of carboxylic acid groups (broad SMARTS) is 2. The molecule has 0 aliphatic rings. The number of hydrogen-bond donors (Lipinski definition) is 5. The normalized spacial score (nSPS) is 9.00. The van der Waals surface area contributed by atoms with Crippen molar-refractivity contribution in [1.29, 1.82) is 0 Å². The van der Waals surface area contributed by atoms with Gasteiger partial charge in [-0.2, -0.15) is 0 Å². The minimum atomic E-state index is -0.996. The maximum atomic E-state index is 10.3. The van der Waals surface area contributed by atoms with Gasteiger partial charge < -0.3 is 30.3 Å². The molecule has 0 aliphatic carbocycles. The van der Waals surface area contributed by atoms with Gasteiger partial charge in [-0.15, -0.1) is 0 Å². The van der Waals surface area contributed by atoms with E-state index in [4.69, 9.17) is 25.5 Å². The molecule has 0 heterocycles. The molecule has 9 heteroatoms. The molecule has 5 N–H and O–H groups in total. The lowest BCUT2D eigenvalue weighted by atomic mass is 10.4. The van der Waals surface area contributed by atoms with Gasteiger partial charge in [-0.3, -0.25) is 0 Å². The Labute approximate surface area is 140 Å². The van der Waals surface area contributed by atoms with Crippen molar-refractivity contribution in [2.45, 2.75) is 19.4 Å². The predicted octanol–water partition coefficient (Wildman–Crippen LogP) is -0.0285. The van der Waals surface area contributed by atoms with E-state index in [9.17, 15) is 14.4 Å². The third-order valence-corrected chi connectivity index (χ3v) is 1.37. The standard InChI is InChI=1S/C6H10O4.2C3H4O2.C3H8O/c1-2-6(9)10-4-5(8)3-7;2*1-2-3(4)5;1-2-3-4/h2,5,7-8H,1,3-4H2;2*2H,1H2,(H,4,5);4H,2-3H2,1H3. The zero-order chi connectivity index (χ0) is 20.0. The molecule has 0 aromatic carbocycles. The highest BCUT2D eigenvalue weighted by molar-refractivity contribution is 5.81. The van der Waals surface area contributed by atoms with Crippen LogP contribution in [-0.2, 0) is 19.1 Å². The average molecular weight is 350 g/mol. The van der Waals surface area contributed by atoms with E-state index in [1.165, 1.54) is 0 Å². The van der Waals surface area contributed by atoms with Crippen molar-refractivity contribution in [1.82, 2.24) is 0 Å². The Balaban J connectivity index is -0.000000121. The maximum Gasteiger partial charge on any atom is 0.330 e. The summed E-state index contributed by atoms with van der Waals surface area (Å²) in [4.78, 5) is 28.8. The van der Waals surface area contributed by atoms with Crippen molar-refractivity contribution in [2.24, 2.45) is 0 Å². The van der Waals surface area contributed by atoms with E-state index in [1.54, 1.807) is 0 Å². The SMILES string of the molecule is C=CC(=O)O.C=CC(=O)O.C=CC(=O)OCC(O)CO.CCCO. The first-order chi connectivity index (χ1) is 11.2. The molecule has 1 unspecified atom stereocenters. The van der Waals surface area contributed by atoms with Crippen molar-refractivity contribution < 1.29 is 44.7 Å². The van der Waals surface area contributed by atoms with Crippen LogP contribution in [0.5, 0.6) is 0 Å². The van der Waals surface area contributed by atoms with Crippen LogP contribution in [0.3, 0.4) is 0 Å². The summed E-state index contributed by atoms with van der Waals surface area (Å²) in [6, 6.07) is 0. The molecule has 0 aliphatic heterocycles. The van der Waals surface area contributed by atoms with Crippen LogP contribution < -0.4 is 0 Å². The van der Waals surface area contributed by atoms with E-state index < -0.39 is 30.6 Å². The molecule has 0 fully saturated rings. The van der Waals surface area contributed by atoms with Gasteiger partial charge in [-0.1, -0.05) is 26.7 Å². The van der Waals surface area contributed by atoms with Gasteiger partial charge in [0.15, 0.2) is 0 Å². The van der Waals surface area contributed by atoms with E-state index in [0.717, 1.165) is 24.6 Å². The number of carboxylic acids is 2. The molecule has 0 radical (unpaired) electrons. The Morgan fingerprint density at radius 1 is 1.00 bits per heavy atom. The molecular formula is C15H26O9. The van der Waals surface area contributed by atoms with E-state index in [-0.39, 0.29) is 6.61 Å². The largest absolute Gasteiger partial charge is 0.478 e. The summed E-state index contributed by atoms with van der Waals surface area (Å²) in [5, 5.41) is 40.0. The van der Waals surface area contributed by atoms with Gasteiger partial charge in [-0.05, 0) is 6.42 Å². The Morgan fingerprint density at radius 3 is 1.50 bits per heavy atom. The van der Waals surface area contributed by atoms with Crippen LogP contribution in [0.15, 0.2) is 38.0 Å². The molecule has 0 saturated carbocycles. The minimum Gasteiger partial charge on any atom is -0.478 e. The summed E-state index contributed by atoms with van der Waals surface area (Å²) in [5.41, 5.74) is 0. The van der Waals surface area contributed by atoms with E-state index in [0.29, 0.717) is 6.61 Å². The summed E-state index contributed by atoms with van der Waals surface area (Å²) in [5.74, 6) is -2.57. The highest BCUT2D eigenvalue weighted by atomic mass is 16.5. The summed E-state index contributed by atoms with van der Waals surface area (Å²) in [6.07, 6.45) is 2.54. The summed E-state index contributed by atoms with van der Waals surface area (Å²) < 4.78 is 4.38. The molecule has 1 atom stereocenters. The molecular weight excluding hydrogens is 324 g/mol. The lowest BCUT2D eigenvalue weighted by molar-refractivity contribution is -0.141. The molecule has 0 amide bonds. The third-order valence-electron chi connectivity index (χ3n) is 1.37. The second kappa shape index (κ2) is 25.5. The molecule has 0 aromatic rings. The van der Waals surface area contributed by atoms with Crippen LogP contribution in [0.4, 0.5) is 0 Å². The van der Waals surface area contributed by atoms with Gasteiger partial charge in [0, 0.05) is 24.8 Å². The number of esters is 1. The Morgan fingerprint density at radius 2 is 1.33 bits per heavy atom. The van der Waals surface area contributed by atoms with Gasteiger partial charge in [0.25, 0.3) is 0 Å². The maximum absolute atomic E-state index is 10.3. The smallest absolute Gasteiger partial charge is 0.330 e. The zero-order valence-corrected chi connectivity index (χ0v) is 13.6. The van der Waals surface area contributed by atoms with Crippen molar-refractivity contribution >= 4 is 17.9 Å². The highest BCUT2D eigenvalue weighted by Crippen LogP contribution is 1.84. The van der Waals surface area contributed by atoms with Gasteiger partial charge in [-0.25, -0.2) is 14.4 Å². The quantitative estimate of drug-likeness (QED) is 0.313. The molecule has 140 valence electrons. The lowest BCUT2D eigenvalue weighted by Gasteiger charge is -2.05. The number of ether oxygens (including phenoxy) is 1. The summed E-state index contributed by atoms with van der Waals surface area (Å²) in [7, 11) is 0. The van der Waals surface area contributed by atoms with Gasteiger partial charge in [0.2, 0.25) is 0 Å². The van der Waals surface area contributed by atoms with Gasteiger partial charge in [0.05, 0.1) is 6.61 Å². The number of carbonyl (C=O) groups is 3. The highest BCUT2D eigenvalue weighted by Gasteiger charge is 2.03. The second-order valence-corrected chi connectivity index (χ2v) is 3.48. The first-order valence-electron chi connectivity index (χ1n) is 6.56. The van der Waals surface area contributed by atoms with Crippen molar-refractivity contribution in [3.63, 3.8) is 0 Å². The molecule has 0 spiro atoms. The summed E-state index contributed by atoms with van der Waals surface area (Å²) >= 11 is 0. The summed E-state index contributed by atoms with van der Waals surface area (Å²) in [6.45, 7) is 10.7. The Kier molecular flexibility index (Phi) is 31.3. The third kappa shape index (κ3) is 50.5. The van der Waals surface area contributed by atoms with Crippen LogP contribution in [0.2, 0.25) is 0 Å².